The minimum atomic E-state index is -0.520. The van der Waals surface area contributed by atoms with Gasteiger partial charge in [0.2, 0.25) is 0 Å². The molecule has 0 saturated carbocycles. The Kier molecular flexibility index (Phi) is 3.80. The summed E-state index contributed by atoms with van der Waals surface area (Å²) in [5.74, 6) is -0.843. The van der Waals surface area contributed by atoms with Crippen molar-refractivity contribution in [3.05, 3.63) is 47.0 Å². The summed E-state index contributed by atoms with van der Waals surface area (Å²) in [7, 11) is 1.75. The predicted octanol–water partition coefficient (Wildman–Crippen LogP) is 1.75. The maximum Gasteiger partial charge on any atom is 0.259 e. The summed E-state index contributed by atoms with van der Waals surface area (Å²) in [4.78, 5) is 12.0. The van der Waals surface area contributed by atoms with Crippen LogP contribution in [0.25, 0.3) is 0 Å². The fourth-order valence-corrected chi connectivity index (χ4v) is 1.87. The van der Waals surface area contributed by atoms with E-state index in [0.29, 0.717) is 11.3 Å². The lowest BCUT2D eigenvalue weighted by Gasteiger charge is -2.07. The molecule has 0 spiro atoms. The lowest BCUT2D eigenvalue weighted by atomic mass is 10.1. The number of carbonyl (C=O) groups is 1. The Balaban J connectivity index is 2.26. The van der Waals surface area contributed by atoms with Crippen molar-refractivity contribution in [2.24, 2.45) is 12.8 Å². The van der Waals surface area contributed by atoms with Gasteiger partial charge < -0.3 is 11.1 Å². The zero-order valence-electron chi connectivity index (χ0n) is 11.0. The zero-order valence-corrected chi connectivity index (χ0v) is 11.8. The van der Waals surface area contributed by atoms with E-state index in [4.69, 9.17) is 18.0 Å². The van der Waals surface area contributed by atoms with E-state index in [1.54, 1.807) is 18.7 Å². The molecule has 0 radical (unpaired) electrons. The molecule has 104 valence electrons. The molecule has 2 rings (SSSR count). The van der Waals surface area contributed by atoms with E-state index >= 15 is 0 Å². The van der Waals surface area contributed by atoms with Crippen molar-refractivity contribution in [1.29, 1.82) is 0 Å². The molecule has 20 heavy (non-hydrogen) atoms. The number of nitrogens with one attached hydrogen (secondary N) is 1. The number of aryl methyl sites for hydroxylation is 1. The molecule has 0 unspecified atom stereocenters. The van der Waals surface area contributed by atoms with Crippen LogP contribution in [0.5, 0.6) is 0 Å². The van der Waals surface area contributed by atoms with Gasteiger partial charge in [0.15, 0.2) is 0 Å². The van der Waals surface area contributed by atoms with Gasteiger partial charge >= 0.3 is 0 Å². The normalized spacial score (nSPS) is 10.3. The second-order valence-corrected chi connectivity index (χ2v) is 4.72. The highest BCUT2D eigenvalue weighted by molar-refractivity contribution is 7.80. The van der Waals surface area contributed by atoms with Crippen LogP contribution in [0.3, 0.4) is 0 Å². The van der Waals surface area contributed by atoms with Gasteiger partial charge in [-0.2, -0.15) is 5.10 Å². The van der Waals surface area contributed by atoms with E-state index in [0.717, 1.165) is 5.69 Å². The second-order valence-electron chi connectivity index (χ2n) is 4.28. The van der Waals surface area contributed by atoms with Gasteiger partial charge in [-0.25, -0.2) is 4.39 Å². The Labute approximate surface area is 120 Å². The first kappa shape index (κ1) is 14.1. The van der Waals surface area contributed by atoms with Gasteiger partial charge in [-0.05, 0) is 25.1 Å². The summed E-state index contributed by atoms with van der Waals surface area (Å²) in [6.07, 6.45) is 1.47. The minimum Gasteiger partial charge on any atom is -0.389 e. The highest BCUT2D eigenvalue weighted by Gasteiger charge is 2.14. The molecule has 0 fully saturated rings. The Morgan fingerprint density at radius 2 is 2.15 bits per heavy atom. The van der Waals surface area contributed by atoms with Crippen LogP contribution in [0.15, 0.2) is 24.4 Å². The summed E-state index contributed by atoms with van der Waals surface area (Å²) in [5.41, 5.74) is 7.12. The van der Waals surface area contributed by atoms with E-state index in [1.165, 1.54) is 24.4 Å². The number of halogens is 1. The maximum atomic E-state index is 13.5. The lowest BCUT2D eigenvalue weighted by Crippen LogP contribution is -2.15. The average Bonchev–Trinajstić information content (AvgIpc) is 2.72. The van der Waals surface area contributed by atoms with E-state index < -0.39 is 5.82 Å². The van der Waals surface area contributed by atoms with Gasteiger partial charge in [-0.1, -0.05) is 12.2 Å². The van der Waals surface area contributed by atoms with Crippen LogP contribution in [0.4, 0.5) is 10.1 Å². The van der Waals surface area contributed by atoms with Crippen molar-refractivity contribution < 1.29 is 9.18 Å². The van der Waals surface area contributed by atoms with Crippen LogP contribution < -0.4 is 11.1 Å². The van der Waals surface area contributed by atoms with Crippen LogP contribution >= 0.6 is 12.2 Å². The molecule has 7 heteroatoms. The van der Waals surface area contributed by atoms with E-state index in [-0.39, 0.29) is 16.5 Å². The molecule has 0 aliphatic heterocycles. The number of nitrogens with two attached hydrogens (primary N) is 1. The van der Waals surface area contributed by atoms with Gasteiger partial charge in [-0.15, -0.1) is 0 Å². The molecule has 1 aromatic carbocycles. The Morgan fingerprint density at radius 1 is 1.45 bits per heavy atom. The van der Waals surface area contributed by atoms with Crippen molar-refractivity contribution in [2.75, 3.05) is 5.32 Å². The topological polar surface area (TPSA) is 72.9 Å². The monoisotopic (exact) mass is 292 g/mol. The third kappa shape index (κ3) is 2.67. The third-order valence-corrected chi connectivity index (χ3v) is 3.19. The largest absolute Gasteiger partial charge is 0.389 e. The number of thiocarbonyl (C=S) groups is 1. The zero-order chi connectivity index (χ0) is 14.9. The molecule has 0 saturated heterocycles. The van der Waals surface area contributed by atoms with Crippen molar-refractivity contribution in [3.8, 4) is 0 Å². The minimum absolute atomic E-state index is 0.0591. The number of carbonyl (C=O) groups excluding carboxylic acids is 1. The fourth-order valence-electron chi connectivity index (χ4n) is 1.71. The van der Waals surface area contributed by atoms with Crippen LogP contribution in [-0.2, 0) is 7.05 Å². The number of nitrogens with zero attached hydrogens (tertiary/aromatic N) is 2. The molecule has 1 heterocycles. The second kappa shape index (κ2) is 5.38. The summed E-state index contributed by atoms with van der Waals surface area (Å²) >= 11 is 4.75. The number of amides is 1. The van der Waals surface area contributed by atoms with E-state index in [1.807, 2.05) is 0 Å². The predicted molar refractivity (Wildman–Crippen MR) is 78.2 cm³/mol. The van der Waals surface area contributed by atoms with Crippen LogP contribution in [0.2, 0.25) is 0 Å². The van der Waals surface area contributed by atoms with Gasteiger partial charge in [-0.3, -0.25) is 9.48 Å². The summed E-state index contributed by atoms with van der Waals surface area (Å²) in [5, 5.41) is 6.65. The van der Waals surface area contributed by atoms with Crippen LogP contribution in [-0.4, -0.2) is 20.7 Å². The first-order chi connectivity index (χ1) is 9.40. The molecule has 0 aliphatic carbocycles. The van der Waals surface area contributed by atoms with Crippen LogP contribution in [0.1, 0.15) is 21.6 Å². The molecule has 1 aromatic heterocycles. The first-order valence-corrected chi connectivity index (χ1v) is 6.20. The molecule has 0 atom stereocenters. The Morgan fingerprint density at radius 3 is 2.70 bits per heavy atom. The summed E-state index contributed by atoms with van der Waals surface area (Å²) < 4.78 is 15.1. The summed E-state index contributed by atoms with van der Waals surface area (Å²) in [6.45, 7) is 1.78. The molecular weight excluding hydrogens is 279 g/mol. The fraction of sp³-hybridized carbons (Fsp3) is 0.154. The molecule has 1 amide bonds. The van der Waals surface area contributed by atoms with Crippen molar-refractivity contribution >= 4 is 28.8 Å². The SMILES string of the molecule is Cc1c(C(=O)Nc2ccc(F)c(C(N)=S)c2)cnn1C. The number of benzene rings is 1. The van der Waals surface area contributed by atoms with Gasteiger partial charge in [0.05, 0.1) is 11.8 Å². The smallest absolute Gasteiger partial charge is 0.259 e. The highest BCUT2D eigenvalue weighted by Crippen LogP contribution is 2.16. The lowest BCUT2D eigenvalue weighted by molar-refractivity contribution is 0.102. The molecule has 5 nitrogen and oxygen atoms in total. The Hall–Kier alpha value is -2.28. The number of anilines is 1. The van der Waals surface area contributed by atoms with E-state index in [9.17, 15) is 9.18 Å². The molecule has 3 N–H and O–H groups in total. The number of aromatic nitrogens is 2. The average molecular weight is 292 g/mol. The van der Waals surface area contributed by atoms with Gasteiger partial charge in [0.25, 0.3) is 5.91 Å². The molecule has 2 aromatic rings. The molecular formula is C13H13FN4OS. The van der Waals surface area contributed by atoms with Crippen molar-refractivity contribution in [2.45, 2.75) is 6.92 Å². The quantitative estimate of drug-likeness (QED) is 0.845. The highest BCUT2D eigenvalue weighted by atomic mass is 32.1. The maximum absolute atomic E-state index is 13.5. The molecule has 0 bridgehead atoms. The van der Waals surface area contributed by atoms with Gasteiger partial charge in [0.1, 0.15) is 10.8 Å². The third-order valence-electron chi connectivity index (χ3n) is 2.97. The van der Waals surface area contributed by atoms with Crippen molar-refractivity contribution in [3.63, 3.8) is 0 Å². The molecule has 0 aliphatic rings. The van der Waals surface area contributed by atoms with Gasteiger partial charge in [0, 0.05) is 24.0 Å². The van der Waals surface area contributed by atoms with Crippen molar-refractivity contribution in [1.82, 2.24) is 9.78 Å². The Bertz CT molecular complexity index is 696. The first-order valence-electron chi connectivity index (χ1n) is 5.79. The number of hydrogen-bond acceptors (Lipinski definition) is 3. The standard InChI is InChI=1S/C13H13FN4OS/c1-7-10(6-16-18(7)2)13(19)17-8-3-4-11(14)9(5-8)12(15)20/h3-6H,1-2H3,(H2,15,20)(H,17,19). The van der Waals surface area contributed by atoms with E-state index in [2.05, 4.69) is 10.4 Å². The summed E-state index contributed by atoms with van der Waals surface area (Å²) in [6, 6.07) is 4.06. The number of rotatable bonds is 3. The number of hydrogen-bond donors (Lipinski definition) is 2. The van der Waals surface area contributed by atoms with Crippen LogP contribution in [0, 0.1) is 12.7 Å².